The van der Waals surface area contributed by atoms with Crippen LogP contribution in [0.5, 0.6) is 17.2 Å². The van der Waals surface area contributed by atoms with E-state index >= 15 is 0 Å². The first kappa shape index (κ1) is 28.2. The molecule has 0 amide bonds. The van der Waals surface area contributed by atoms with Gasteiger partial charge in [-0.3, -0.25) is 4.79 Å². The van der Waals surface area contributed by atoms with Crippen molar-refractivity contribution >= 4 is 19.4 Å². The highest BCUT2D eigenvalue weighted by atomic mass is 31.1. The van der Waals surface area contributed by atoms with Crippen molar-refractivity contribution in [2.75, 3.05) is 0 Å². The van der Waals surface area contributed by atoms with Gasteiger partial charge in [0.1, 0.15) is 17.2 Å². The second-order valence-electron chi connectivity index (χ2n) is 9.39. The highest BCUT2D eigenvalue weighted by Gasteiger charge is 2.24. The van der Waals surface area contributed by atoms with Crippen molar-refractivity contribution in [3.05, 3.63) is 46.0 Å². The Labute approximate surface area is 208 Å². The maximum Gasteiger partial charge on any atom is 0.186 e. The fourth-order valence-corrected chi connectivity index (χ4v) is 4.91. The number of hydrogen-bond donors (Lipinski definition) is 0. The normalized spacial score (nSPS) is 14.2. The Morgan fingerprint density at radius 1 is 0.735 bits per heavy atom. The lowest BCUT2D eigenvalue weighted by Crippen LogP contribution is -2.21. The second kappa shape index (κ2) is 12.6. The SMILES string of the molecule is CCC(C)Oc1cc(OC(C)CC)c(PC(=O)c2c(C)cc(C)c(C)c2C)c(OC(C)CC)c1. The van der Waals surface area contributed by atoms with Gasteiger partial charge in [-0.15, -0.1) is 0 Å². The third-order valence-electron chi connectivity index (χ3n) is 6.58. The summed E-state index contributed by atoms with van der Waals surface area (Å²) in [4.78, 5) is 13.7. The maximum absolute atomic E-state index is 13.7. The topological polar surface area (TPSA) is 44.8 Å². The summed E-state index contributed by atoms with van der Waals surface area (Å²) < 4.78 is 18.8. The lowest BCUT2D eigenvalue weighted by Gasteiger charge is -2.23. The molecule has 34 heavy (non-hydrogen) atoms. The van der Waals surface area contributed by atoms with Crippen molar-refractivity contribution < 1.29 is 19.0 Å². The van der Waals surface area contributed by atoms with Gasteiger partial charge in [-0.1, -0.05) is 26.8 Å². The predicted molar refractivity (Wildman–Crippen MR) is 145 cm³/mol. The summed E-state index contributed by atoms with van der Waals surface area (Å²) >= 11 is 0. The second-order valence-corrected chi connectivity index (χ2v) is 10.6. The van der Waals surface area contributed by atoms with Crippen molar-refractivity contribution in [1.29, 1.82) is 0 Å². The zero-order valence-electron chi connectivity index (χ0n) is 22.7. The molecule has 2 rings (SSSR count). The minimum Gasteiger partial charge on any atom is -0.490 e. The highest BCUT2D eigenvalue weighted by Crippen LogP contribution is 2.37. The zero-order chi connectivity index (χ0) is 25.6. The number of ether oxygens (including phenoxy) is 3. The molecule has 188 valence electrons. The van der Waals surface area contributed by atoms with Gasteiger partial charge in [0, 0.05) is 17.7 Å². The molecule has 0 aliphatic carbocycles. The number of carbonyl (C=O) groups excluding carboxylic acids is 1. The van der Waals surface area contributed by atoms with Gasteiger partial charge >= 0.3 is 0 Å². The largest absolute Gasteiger partial charge is 0.490 e. The Morgan fingerprint density at radius 3 is 1.68 bits per heavy atom. The van der Waals surface area contributed by atoms with Crippen LogP contribution in [0, 0.1) is 27.7 Å². The van der Waals surface area contributed by atoms with Crippen LogP contribution in [-0.4, -0.2) is 23.8 Å². The van der Waals surface area contributed by atoms with Gasteiger partial charge in [-0.25, -0.2) is 0 Å². The molecule has 5 heteroatoms. The third-order valence-corrected chi connectivity index (χ3v) is 7.80. The number of rotatable bonds is 12. The molecular weight excluding hydrogens is 443 g/mol. The van der Waals surface area contributed by atoms with E-state index in [1.165, 1.54) is 11.1 Å². The first-order chi connectivity index (χ1) is 16.0. The summed E-state index contributed by atoms with van der Waals surface area (Å²) in [5.41, 5.74) is 5.37. The molecule has 0 fully saturated rings. The Morgan fingerprint density at radius 2 is 1.21 bits per heavy atom. The van der Waals surface area contributed by atoms with E-state index in [1.54, 1.807) is 0 Å². The molecule has 0 spiro atoms. The predicted octanol–water partition coefficient (Wildman–Crippen LogP) is 7.60. The minimum atomic E-state index is -0.111. The Hall–Kier alpha value is -2.06. The maximum atomic E-state index is 13.7. The fourth-order valence-electron chi connectivity index (χ4n) is 3.67. The number of benzene rings is 2. The lowest BCUT2D eigenvalue weighted by molar-refractivity contribution is 0.108. The van der Waals surface area contributed by atoms with E-state index in [4.69, 9.17) is 14.2 Å². The van der Waals surface area contributed by atoms with Crippen LogP contribution in [0.25, 0.3) is 0 Å². The average Bonchev–Trinajstić information content (AvgIpc) is 2.79. The first-order valence-corrected chi connectivity index (χ1v) is 13.6. The molecule has 4 nitrogen and oxygen atoms in total. The van der Waals surface area contributed by atoms with Crippen molar-refractivity contribution in [3.8, 4) is 17.2 Å². The minimum absolute atomic E-state index is 0.0130. The van der Waals surface area contributed by atoms with Crippen LogP contribution in [0.2, 0.25) is 0 Å². The Bertz CT molecular complexity index is 965. The van der Waals surface area contributed by atoms with Crippen LogP contribution in [0.15, 0.2) is 18.2 Å². The standard InChI is InChI=1S/C29H43O4P/c1-11-19(6)31-24-15-25(32-20(7)12-2)28(26(16-24)33-21(8)13-3)34-29(30)27-18(5)14-17(4)22(9)23(27)10/h14-16,19-21,34H,11-13H2,1-10H3. The summed E-state index contributed by atoms with van der Waals surface area (Å²) in [6.07, 6.45) is 2.73. The van der Waals surface area contributed by atoms with Gasteiger partial charge < -0.3 is 14.2 Å². The van der Waals surface area contributed by atoms with Crippen molar-refractivity contribution in [1.82, 2.24) is 0 Å². The van der Waals surface area contributed by atoms with Crippen LogP contribution in [0.3, 0.4) is 0 Å². The van der Waals surface area contributed by atoms with Crippen LogP contribution < -0.4 is 19.5 Å². The molecule has 0 radical (unpaired) electrons. The van der Waals surface area contributed by atoms with Gasteiger partial charge in [-0.2, -0.15) is 0 Å². The van der Waals surface area contributed by atoms with Crippen molar-refractivity contribution in [2.45, 2.75) is 107 Å². The zero-order valence-corrected chi connectivity index (χ0v) is 23.7. The molecule has 0 saturated carbocycles. The van der Waals surface area contributed by atoms with E-state index in [0.29, 0.717) is 17.2 Å². The van der Waals surface area contributed by atoms with Crippen molar-refractivity contribution in [3.63, 3.8) is 0 Å². The fraction of sp³-hybridized carbons (Fsp3) is 0.552. The van der Waals surface area contributed by atoms with Crippen molar-refractivity contribution in [2.24, 2.45) is 0 Å². The van der Waals surface area contributed by atoms with E-state index in [9.17, 15) is 4.79 Å². The molecule has 0 saturated heterocycles. The summed E-state index contributed by atoms with van der Waals surface area (Å²) in [6.45, 7) is 20.7. The third kappa shape index (κ3) is 6.98. The van der Waals surface area contributed by atoms with E-state index in [2.05, 4.69) is 47.6 Å². The Balaban J connectivity index is 2.62. The van der Waals surface area contributed by atoms with Crippen LogP contribution in [0.4, 0.5) is 0 Å². The molecule has 2 aromatic carbocycles. The molecule has 0 bridgehead atoms. The highest BCUT2D eigenvalue weighted by molar-refractivity contribution is 7.66. The Kier molecular flexibility index (Phi) is 10.4. The average molecular weight is 487 g/mol. The number of carbonyl (C=O) groups is 1. The van der Waals surface area contributed by atoms with E-state index in [0.717, 1.165) is 41.3 Å². The first-order valence-electron chi connectivity index (χ1n) is 12.6. The molecule has 0 N–H and O–H groups in total. The van der Waals surface area contributed by atoms with Crippen LogP contribution in [-0.2, 0) is 0 Å². The molecule has 4 unspecified atom stereocenters. The quantitative estimate of drug-likeness (QED) is 0.290. The van der Waals surface area contributed by atoms with E-state index in [1.807, 2.05) is 39.8 Å². The summed E-state index contributed by atoms with van der Waals surface area (Å²) in [7, 11) is -0.111. The molecule has 0 aliphatic rings. The monoisotopic (exact) mass is 486 g/mol. The van der Waals surface area contributed by atoms with Gasteiger partial charge in [0.05, 0.1) is 23.6 Å². The van der Waals surface area contributed by atoms with Crippen LogP contribution in [0.1, 0.15) is 93.4 Å². The molecule has 0 aliphatic heterocycles. The molecule has 2 aromatic rings. The summed E-state index contributed by atoms with van der Waals surface area (Å²) in [5, 5.41) is 0.819. The van der Waals surface area contributed by atoms with Crippen LogP contribution >= 0.6 is 8.58 Å². The smallest absolute Gasteiger partial charge is 0.186 e. The van der Waals surface area contributed by atoms with E-state index < -0.39 is 0 Å². The van der Waals surface area contributed by atoms with Gasteiger partial charge in [0.25, 0.3) is 0 Å². The van der Waals surface area contributed by atoms with E-state index in [-0.39, 0.29) is 32.4 Å². The van der Waals surface area contributed by atoms with Gasteiger partial charge in [0.15, 0.2) is 5.52 Å². The molecule has 0 aromatic heterocycles. The molecule has 0 heterocycles. The summed E-state index contributed by atoms with van der Waals surface area (Å²) in [6, 6.07) is 5.96. The van der Waals surface area contributed by atoms with Gasteiger partial charge in [0.2, 0.25) is 0 Å². The van der Waals surface area contributed by atoms with Gasteiger partial charge in [-0.05, 0) is 98.6 Å². The molecular formula is C29H43O4P. The lowest BCUT2D eigenvalue weighted by atomic mass is 9.95. The molecule has 4 atom stereocenters. The number of aryl methyl sites for hydroxylation is 2. The number of hydrogen-bond acceptors (Lipinski definition) is 4. The summed E-state index contributed by atoms with van der Waals surface area (Å²) in [5.74, 6) is 2.07.